The number of benzene rings is 8. The molecule has 730 valence electrons. The molecule has 0 unspecified atom stereocenters. The highest BCUT2D eigenvalue weighted by Crippen LogP contribution is 2.42. The van der Waals surface area contributed by atoms with Crippen molar-refractivity contribution in [2.24, 2.45) is 7.05 Å². The minimum Gasteiger partial charge on any atom is -0.497 e. The van der Waals surface area contributed by atoms with E-state index in [1.807, 2.05) is 37.4 Å². The number of hydrogen-bond acceptors (Lipinski definition) is 30. The normalized spacial score (nSPS) is 16.9. The lowest BCUT2D eigenvalue weighted by Crippen LogP contribution is -2.54. The van der Waals surface area contributed by atoms with Crippen LogP contribution in [0.4, 0.5) is 0 Å². The third kappa shape index (κ3) is 20.8. The van der Waals surface area contributed by atoms with E-state index in [1.165, 1.54) is 117 Å². The average Bonchev–Trinajstić information content (AvgIpc) is 1.05. The number of aryl methyl sites for hydroxylation is 2. The minimum absolute atomic E-state index is 0.00720. The Morgan fingerprint density at radius 1 is 0.365 bits per heavy atom. The van der Waals surface area contributed by atoms with Crippen LogP contribution < -0.4 is 46.4 Å². The van der Waals surface area contributed by atoms with Crippen LogP contribution in [0.2, 0.25) is 0 Å². The van der Waals surface area contributed by atoms with Gasteiger partial charge in [-0.2, -0.15) is 0 Å². The number of methoxy groups -OCH3 is 1. The predicted octanol–water partition coefficient (Wildman–Crippen LogP) is 7.30. The minimum atomic E-state index is -4.12. The highest BCUT2D eigenvalue weighted by atomic mass is 32.2. The summed E-state index contributed by atoms with van der Waals surface area (Å²) in [6.45, 7) is 3.76. The van der Waals surface area contributed by atoms with Crippen molar-refractivity contribution in [3.63, 3.8) is 0 Å². The fourth-order valence-electron chi connectivity index (χ4n) is 17.6. The molecule has 43 heteroatoms. The van der Waals surface area contributed by atoms with Crippen LogP contribution in [0.5, 0.6) is 23.0 Å². The molecule has 7 aliphatic heterocycles. The summed E-state index contributed by atoms with van der Waals surface area (Å²) in [4.78, 5) is 128. The Bertz CT molecular complexity index is 6230. The molecule has 1 aromatic heterocycles. The molecule has 0 radical (unpaired) electrons. The largest absolute Gasteiger partial charge is 0.497 e. The summed E-state index contributed by atoms with van der Waals surface area (Å²) in [5, 5.41) is 37.1. The molecule has 137 heavy (non-hydrogen) atoms. The Morgan fingerprint density at radius 2 is 0.672 bits per heavy atom. The molecule has 8 heterocycles. The second-order valence-electron chi connectivity index (χ2n) is 33.2. The van der Waals surface area contributed by atoms with Crippen molar-refractivity contribution in [3.05, 3.63) is 237 Å². The number of amides is 9. The number of sulfone groups is 4. The molecule has 8 aromatic carbocycles. The van der Waals surface area contributed by atoms with Gasteiger partial charge in [-0.25, -0.2) is 60.3 Å². The van der Waals surface area contributed by atoms with Crippen molar-refractivity contribution in [1.29, 1.82) is 0 Å². The number of unbranched alkanes of at least 4 members (excludes halogenated alkanes) is 1. The molecule has 39 nitrogen and oxygen atoms in total. The number of hydroxylamine groups is 4. The fourth-order valence-corrected chi connectivity index (χ4v) is 25.3. The molecular weight excluding hydrogens is 1860 g/mol. The lowest BCUT2D eigenvalue weighted by Gasteiger charge is -2.34. The molecule has 0 spiro atoms. The first kappa shape index (κ1) is 102. The van der Waals surface area contributed by atoms with Gasteiger partial charge in [0.05, 0.1) is 79.7 Å². The van der Waals surface area contributed by atoms with Gasteiger partial charge in [0.2, 0.25) is 0 Å². The second-order valence-corrected chi connectivity index (χ2v) is 42.2. The number of aromatic nitrogens is 2. The molecule has 0 atom stereocenters. The van der Waals surface area contributed by atoms with Crippen LogP contribution in [-0.4, -0.2) is 250 Å². The number of imide groups is 2. The Balaban J connectivity index is 0.000000154. The van der Waals surface area contributed by atoms with Crippen LogP contribution in [0.25, 0.3) is 10.9 Å². The van der Waals surface area contributed by atoms with Crippen LogP contribution in [0, 0.1) is 0 Å². The number of hydrogen-bond donors (Lipinski definition) is 8. The zero-order chi connectivity index (χ0) is 98.1. The van der Waals surface area contributed by atoms with Gasteiger partial charge in [-0.15, -0.1) is 0 Å². The maximum Gasteiger partial charge on any atom is 0.274 e. The summed E-state index contributed by atoms with van der Waals surface area (Å²) in [5.74, 6) is -3.03. The quantitative estimate of drug-likeness (QED) is 0.00865. The van der Waals surface area contributed by atoms with Gasteiger partial charge in [-0.3, -0.25) is 83.3 Å². The zero-order valence-electron chi connectivity index (χ0n) is 74.9. The van der Waals surface area contributed by atoms with E-state index in [9.17, 15) is 81.6 Å². The maximum atomic E-state index is 13.3. The van der Waals surface area contributed by atoms with Gasteiger partial charge in [0.1, 0.15) is 23.0 Å². The molecule has 4 fully saturated rings. The molecule has 0 bridgehead atoms. The van der Waals surface area contributed by atoms with Crippen LogP contribution in [0.1, 0.15) is 146 Å². The SMILES string of the molecule is COc1ccc2c(=O)n(CCCOc3ccc(S(=O)(=O)C4(C(=O)NO)CCOCC4)cc3)n(C)c2c1.O=C1c2ccccc2C(=O)N1CCCCc1ccc(S(=O)(=O)C2(C(=O)NO)CCOCC2)cc1.O=C1c2ccccc2C(=O)N1CCCOc1ccc(S(=O)(=O)C2(C(=O)NO)CCOCC2)cc1.O=C1c2ccccc2CN1CCCOc1ccc(S(=O)(=O)C2(C(=O)NO)CCOCC2)cc1. The number of rotatable bonds is 33. The second kappa shape index (κ2) is 44.2. The van der Waals surface area contributed by atoms with Crippen molar-refractivity contribution < 1.29 is 136 Å². The van der Waals surface area contributed by atoms with Gasteiger partial charge in [-0.1, -0.05) is 54.6 Å². The number of fused-ring (bicyclic) bond motifs is 4. The first-order valence-electron chi connectivity index (χ1n) is 44.1. The monoisotopic (exact) mass is 1970 g/mol. The Kier molecular flexibility index (Phi) is 32.8. The van der Waals surface area contributed by atoms with E-state index in [1.54, 1.807) is 94.2 Å². The molecule has 4 saturated heterocycles. The topological polar surface area (TPSA) is 530 Å². The number of ether oxygens (including phenoxy) is 8. The first-order chi connectivity index (χ1) is 65.8. The summed E-state index contributed by atoms with van der Waals surface area (Å²) in [5.41, 5.74) is 11.0. The van der Waals surface area contributed by atoms with Crippen LogP contribution >= 0.6 is 0 Å². The number of carbonyl (C=O) groups excluding carboxylic acids is 9. The standard InChI is InChI=1S/C24H29N3O8S.C24H26N2O7S.C23H24N2O8S.C23H26N2O7S/c1-26-21-16-18(33-2)6-9-20(21)22(28)27(26)12-3-13-35-17-4-7-19(8-5-17)36(31,32)24(23(29)25-30)10-14-34-15-11-24;27-21-19-6-1-2-7-20(19)22(28)26(21)14-4-3-5-17-8-10-18(11-9-17)34(31,32)24(23(29)25-30)12-15-33-16-13-24;26-20-18-4-1-2-5-19(18)21(27)25(20)12-3-13-33-16-6-8-17(9-7-16)34(30,31)23(22(28)24-29)10-14-32-15-11-23;26-21-20-5-2-1-4-17(20)16-25(21)12-3-13-32-18-6-8-19(9-7-18)33(29,30)23(22(27)24-28)10-14-31-15-11-23/h4-9,16,30H,3,10-15H2,1-2H3,(H,25,29);1-2,6-11,30H,3-5,12-16H2,(H,25,29);1-2,4-9,29H,3,10-15H2,(H,24,28);1-2,4-9,28H,3,10-16H2,(H,24,27). The van der Waals surface area contributed by atoms with Gasteiger partial charge in [0, 0.05) is 111 Å². The van der Waals surface area contributed by atoms with E-state index in [0.29, 0.717) is 129 Å². The Labute approximate surface area is 788 Å². The van der Waals surface area contributed by atoms with Crippen LogP contribution in [0.3, 0.4) is 0 Å². The lowest BCUT2D eigenvalue weighted by molar-refractivity contribution is -0.135. The van der Waals surface area contributed by atoms with Crippen molar-refractivity contribution in [2.45, 2.75) is 142 Å². The number of carbonyl (C=O) groups is 9. The van der Waals surface area contributed by atoms with Crippen molar-refractivity contribution >= 4 is 103 Å². The van der Waals surface area contributed by atoms with Crippen LogP contribution in [-0.2, 0) is 104 Å². The third-order valence-corrected chi connectivity index (χ3v) is 35.6. The molecule has 8 N–H and O–H groups in total. The predicted molar refractivity (Wildman–Crippen MR) is 487 cm³/mol. The van der Waals surface area contributed by atoms with Gasteiger partial charge < -0.3 is 42.8 Å². The Hall–Kier alpha value is -12.7. The van der Waals surface area contributed by atoms with E-state index in [0.717, 1.165) is 22.2 Å². The van der Waals surface area contributed by atoms with E-state index in [-0.39, 0.29) is 172 Å². The summed E-state index contributed by atoms with van der Waals surface area (Å²) in [6.07, 6.45) is 3.10. The molecule has 0 saturated carbocycles. The summed E-state index contributed by atoms with van der Waals surface area (Å²) >= 11 is 0. The highest BCUT2D eigenvalue weighted by Gasteiger charge is 2.56. The summed E-state index contributed by atoms with van der Waals surface area (Å²) in [7, 11) is -13.0. The average molecular weight is 1970 g/mol. The third-order valence-electron chi connectivity index (χ3n) is 25.5. The fraction of sp³-hybridized carbons (Fsp3) is 0.383. The maximum absolute atomic E-state index is 13.3. The van der Waals surface area contributed by atoms with Gasteiger partial charge in [0.15, 0.2) is 58.3 Å². The molecule has 9 amide bonds. The summed E-state index contributed by atoms with van der Waals surface area (Å²) < 4.78 is 146. The van der Waals surface area contributed by atoms with Gasteiger partial charge >= 0.3 is 0 Å². The summed E-state index contributed by atoms with van der Waals surface area (Å²) in [6, 6.07) is 49.9. The Morgan fingerprint density at radius 3 is 1.01 bits per heavy atom. The lowest BCUT2D eigenvalue weighted by atomic mass is 9.98. The van der Waals surface area contributed by atoms with E-state index >= 15 is 0 Å². The highest BCUT2D eigenvalue weighted by molar-refractivity contribution is 7.94. The van der Waals surface area contributed by atoms with Crippen LogP contribution in [0.15, 0.2) is 212 Å². The van der Waals surface area contributed by atoms with Gasteiger partial charge in [-0.05, 0) is 222 Å². The molecule has 9 aromatic rings. The first-order valence-corrected chi connectivity index (χ1v) is 50.1. The number of nitrogens with zero attached hydrogens (tertiary/aromatic N) is 5. The van der Waals surface area contributed by atoms with Crippen molar-refractivity contribution in [3.8, 4) is 23.0 Å². The molecular formula is C94H105N9O30S4. The molecule has 7 aliphatic rings. The van der Waals surface area contributed by atoms with E-state index in [2.05, 4.69) is 0 Å². The molecule has 16 rings (SSSR count). The van der Waals surface area contributed by atoms with E-state index < -0.39 is 82.0 Å². The smallest absolute Gasteiger partial charge is 0.274 e. The van der Waals surface area contributed by atoms with E-state index in [4.69, 9.17) is 58.7 Å². The van der Waals surface area contributed by atoms with Crippen molar-refractivity contribution in [1.82, 2.24) is 46.0 Å². The zero-order valence-corrected chi connectivity index (χ0v) is 78.1. The van der Waals surface area contributed by atoms with Gasteiger partial charge in [0.25, 0.3) is 58.7 Å². The van der Waals surface area contributed by atoms with Crippen molar-refractivity contribution in [2.75, 3.05) is 99.4 Å². The molecule has 0 aliphatic carbocycles. The number of nitrogens with one attached hydrogen (secondary N) is 4.